The molecule has 1 atom stereocenters. The molecule has 90 valence electrons. The van der Waals surface area contributed by atoms with Crippen molar-refractivity contribution >= 4 is 0 Å². The maximum absolute atomic E-state index is 12.3. The van der Waals surface area contributed by atoms with E-state index in [1.54, 1.807) is 7.11 Å². The van der Waals surface area contributed by atoms with Crippen LogP contribution in [0.15, 0.2) is 18.2 Å². The molecule has 0 aliphatic rings. The van der Waals surface area contributed by atoms with E-state index in [0.29, 0.717) is 12.3 Å². The monoisotopic (exact) mass is 225 g/mol. The highest BCUT2D eigenvalue weighted by Crippen LogP contribution is 2.29. The summed E-state index contributed by atoms with van der Waals surface area (Å²) in [5.41, 5.74) is 8.02. The molecule has 0 radical (unpaired) electrons. The summed E-state index contributed by atoms with van der Waals surface area (Å²) in [6, 6.07) is 5.65. The molecule has 2 nitrogen and oxygen atoms in total. The maximum atomic E-state index is 12.3. The van der Waals surface area contributed by atoms with Crippen molar-refractivity contribution in [1.29, 1.82) is 0 Å². The van der Waals surface area contributed by atoms with E-state index in [9.17, 15) is 4.39 Å². The van der Waals surface area contributed by atoms with Gasteiger partial charge in [0, 0.05) is 11.6 Å². The zero-order chi connectivity index (χ0) is 12.1. The van der Waals surface area contributed by atoms with Gasteiger partial charge in [-0.15, -0.1) is 0 Å². The second kappa shape index (κ2) is 5.85. The molecule has 0 heterocycles. The first-order valence-electron chi connectivity index (χ1n) is 5.59. The minimum atomic E-state index is -0.407. The Balaban J connectivity index is 3.06. The summed E-state index contributed by atoms with van der Waals surface area (Å²) in [6.45, 7) is 3.83. The molecular weight excluding hydrogens is 205 g/mol. The van der Waals surface area contributed by atoms with Crippen molar-refractivity contribution in [3.05, 3.63) is 29.3 Å². The number of hydrogen-bond donors (Lipinski definition) is 1. The Kier molecular flexibility index (Phi) is 4.74. The standard InChI is InChI=1S/C13H20FNO/c1-9(2)10-4-5-13(16-3)11(8-10)12(15)6-7-14/h4-5,8-9,12H,6-7,15H2,1-3H3/t12-/m1/s1. The lowest BCUT2D eigenvalue weighted by Crippen LogP contribution is -2.13. The minimum absolute atomic E-state index is 0.293. The highest BCUT2D eigenvalue weighted by Gasteiger charge is 2.13. The van der Waals surface area contributed by atoms with Gasteiger partial charge in [0.25, 0.3) is 0 Å². The highest BCUT2D eigenvalue weighted by molar-refractivity contribution is 5.40. The van der Waals surface area contributed by atoms with Crippen molar-refractivity contribution in [2.75, 3.05) is 13.8 Å². The van der Waals surface area contributed by atoms with Gasteiger partial charge in [-0.3, -0.25) is 4.39 Å². The second-order valence-corrected chi connectivity index (χ2v) is 4.24. The topological polar surface area (TPSA) is 35.2 Å². The van der Waals surface area contributed by atoms with E-state index in [-0.39, 0.29) is 6.04 Å². The van der Waals surface area contributed by atoms with E-state index in [2.05, 4.69) is 13.8 Å². The lowest BCUT2D eigenvalue weighted by molar-refractivity contribution is 0.395. The van der Waals surface area contributed by atoms with Crippen LogP contribution in [0, 0.1) is 0 Å². The number of benzene rings is 1. The first kappa shape index (κ1) is 13.0. The molecule has 1 aromatic rings. The molecule has 0 unspecified atom stereocenters. The molecule has 0 amide bonds. The lowest BCUT2D eigenvalue weighted by atomic mass is 9.96. The van der Waals surface area contributed by atoms with Gasteiger partial charge in [-0.1, -0.05) is 26.0 Å². The Hall–Kier alpha value is -1.09. The molecule has 1 aromatic carbocycles. The van der Waals surface area contributed by atoms with Crippen LogP contribution in [-0.2, 0) is 0 Å². The first-order valence-corrected chi connectivity index (χ1v) is 5.59. The molecular formula is C13H20FNO. The van der Waals surface area contributed by atoms with E-state index in [1.165, 1.54) is 5.56 Å². The minimum Gasteiger partial charge on any atom is -0.496 e. The number of ether oxygens (including phenoxy) is 1. The molecule has 3 heteroatoms. The smallest absolute Gasteiger partial charge is 0.123 e. The fourth-order valence-corrected chi connectivity index (χ4v) is 1.67. The number of rotatable bonds is 5. The van der Waals surface area contributed by atoms with Crippen molar-refractivity contribution in [1.82, 2.24) is 0 Å². The van der Waals surface area contributed by atoms with Crippen LogP contribution in [0.3, 0.4) is 0 Å². The average molecular weight is 225 g/mol. The summed E-state index contributed by atoms with van der Waals surface area (Å²) in [4.78, 5) is 0. The number of hydrogen-bond acceptors (Lipinski definition) is 2. The molecule has 0 aromatic heterocycles. The Morgan fingerprint density at radius 1 is 1.38 bits per heavy atom. The van der Waals surface area contributed by atoms with Crippen LogP contribution in [0.1, 0.15) is 43.4 Å². The predicted molar refractivity (Wildman–Crippen MR) is 64.6 cm³/mol. The van der Waals surface area contributed by atoms with E-state index in [1.807, 2.05) is 18.2 Å². The molecule has 0 bridgehead atoms. The predicted octanol–water partition coefficient (Wildman–Crippen LogP) is 3.18. The third-order valence-electron chi connectivity index (χ3n) is 2.74. The van der Waals surface area contributed by atoms with Crippen LogP contribution >= 0.6 is 0 Å². The summed E-state index contributed by atoms with van der Waals surface area (Å²) in [5, 5.41) is 0. The third-order valence-corrected chi connectivity index (χ3v) is 2.74. The molecule has 0 spiro atoms. The van der Waals surface area contributed by atoms with Gasteiger partial charge >= 0.3 is 0 Å². The van der Waals surface area contributed by atoms with Crippen molar-refractivity contribution in [3.63, 3.8) is 0 Å². The zero-order valence-electron chi connectivity index (χ0n) is 10.2. The molecule has 0 saturated carbocycles. The van der Waals surface area contributed by atoms with Crippen molar-refractivity contribution in [2.24, 2.45) is 5.73 Å². The molecule has 0 aliphatic carbocycles. The van der Waals surface area contributed by atoms with Crippen LogP contribution in [0.4, 0.5) is 4.39 Å². The normalized spacial score (nSPS) is 12.9. The van der Waals surface area contributed by atoms with Crippen LogP contribution in [0.25, 0.3) is 0 Å². The number of methoxy groups -OCH3 is 1. The van der Waals surface area contributed by atoms with Gasteiger partial charge in [0.1, 0.15) is 5.75 Å². The van der Waals surface area contributed by atoms with E-state index < -0.39 is 6.67 Å². The van der Waals surface area contributed by atoms with Crippen molar-refractivity contribution < 1.29 is 9.13 Å². The van der Waals surface area contributed by atoms with Gasteiger partial charge < -0.3 is 10.5 Å². The van der Waals surface area contributed by atoms with E-state index in [4.69, 9.17) is 10.5 Å². The van der Waals surface area contributed by atoms with Crippen LogP contribution in [0.5, 0.6) is 5.75 Å². The zero-order valence-corrected chi connectivity index (χ0v) is 10.2. The first-order chi connectivity index (χ1) is 7.60. The van der Waals surface area contributed by atoms with Gasteiger partial charge in [-0.25, -0.2) is 0 Å². The summed E-state index contributed by atoms with van der Waals surface area (Å²) in [7, 11) is 1.61. The Morgan fingerprint density at radius 2 is 2.06 bits per heavy atom. The fourth-order valence-electron chi connectivity index (χ4n) is 1.67. The van der Waals surface area contributed by atoms with Crippen molar-refractivity contribution in [3.8, 4) is 5.75 Å². The quantitative estimate of drug-likeness (QED) is 0.835. The number of alkyl halides is 1. The van der Waals surface area contributed by atoms with Crippen LogP contribution < -0.4 is 10.5 Å². The third kappa shape index (κ3) is 2.95. The summed E-state index contributed by atoms with van der Waals surface area (Å²) in [5.74, 6) is 1.17. The second-order valence-electron chi connectivity index (χ2n) is 4.24. The summed E-state index contributed by atoms with van der Waals surface area (Å²) < 4.78 is 17.5. The molecule has 2 N–H and O–H groups in total. The SMILES string of the molecule is COc1ccc(C(C)C)cc1[C@H](N)CCF. The molecule has 16 heavy (non-hydrogen) atoms. The summed E-state index contributed by atoms with van der Waals surface area (Å²) in [6.07, 6.45) is 0.331. The highest BCUT2D eigenvalue weighted by atomic mass is 19.1. The van der Waals surface area contributed by atoms with Crippen LogP contribution in [0.2, 0.25) is 0 Å². The van der Waals surface area contributed by atoms with Gasteiger partial charge in [0.05, 0.1) is 13.8 Å². The molecule has 1 rings (SSSR count). The Labute approximate surface area is 96.6 Å². The van der Waals surface area contributed by atoms with Gasteiger partial charge in [0.2, 0.25) is 0 Å². The lowest BCUT2D eigenvalue weighted by Gasteiger charge is -2.17. The molecule has 0 saturated heterocycles. The van der Waals surface area contributed by atoms with Crippen LogP contribution in [-0.4, -0.2) is 13.8 Å². The average Bonchev–Trinajstić information content (AvgIpc) is 2.28. The molecule has 0 aliphatic heterocycles. The Morgan fingerprint density at radius 3 is 2.56 bits per heavy atom. The number of halogens is 1. The largest absolute Gasteiger partial charge is 0.496 e. The molecule has 0 fully saturated rings. The van der Waals surface area contributed by atoms with Gasteiger partial charge in [-0.05, 0) is 24.0 Å². The number of nitrogens with two attached hydrogens (primary N) is 1. The van der Waals surface area contributed by atoms with Crippen molar-refractivity contribution in [2.45, 2.75) is 32.2 Å². The summed E-state index contributed by atoms with van der Waals surface area (Å²) >= 11 is 0. The van der Waals surface area contributed by atoms with Gasteiger partial charge in [0.15, 0.2) is 0 Å². The fraction of sp³-hybridized carbons (Fsp3) is 0.538. The Bertz CT molecular complexity index is 339. The van der Waals surface area contributed by atoms with Gasteiger partial charge in [-0.2, -0.15) is 0 Å². The van der Waals surface area contributed by atoms with E-state index in [0.717, 1.165) is 11.3 Å². The van der Waals surface area contributed by atoms with E-state index >= 15 is 0 Å². The maximum Gasteiger partial charge on any atom is 0.123 e.